The van der Waals surface area contributed by atoms with Gasteiger partial charge in [0.25, 0.3) is 5.91 Å². The van der Waals surface area contributed by atoms with Crippen LogP contribution < -0.4 is 10.1 Å². The Morgan fingerprint density at radius 2 is 1.85 bits per heavy atom. The fourth-order valence-electron chi connectivity index (χ4n) is 1.62. The van der Waals surface area contributed by atoms with Gasteiger partial charge in [-0.25, -0.2) is 0 Å². The molecule has 0 saturated heterocycles. The molecular weight excluding hydrogens is 321 g/mol. The van der Waals surface area contributed by atoms with Gasteiger partial charge in [-0.05, 0) is 30.3 Å². The van der Waals surface area contributed by atoms with Crippen molar-refractivity contribution in [3.63, 3.8) is 0 Å². The van der Waals surface area contributed by atoms with Gasteiger partial charge in [-0.1, -0.05) is 40.9 Å². The summed E-state index contributed by atoms with van der Waals surface area (Å²) in [6, 6.07) is 9.80. The van der Waals surface area contributed by atoms with Gasteiger partial charge in [-0.2, -0.15) is 0 Å². The fourth-order valence-corrected chi connectivity index (χ4v) is 2.27. The quantitative estimate of drug-likeness (QED) is 0.868. The van der Waals surface area contributed by atoms with Crippen LogP contribution in [-0.2, 0) is 0 Å². The average molecular weight is 331 g/mol. The molecule has 20 heavy (non-hydrogen) atoms. The number of hydrogen-bond donors (Lipinski definition) is 1. The maximum atomic E-state index is 12.1. The molecular formula is C14H10Cl3NO2. The molecule has 6 heteroatoms. The molecule has 0 atom stereocenters. The second-order valence-corrected chi connectivity index (χ2v) is 5.10. The number of rotatable bonds is 3. The van der Waals surface area contributed by atoms with E-state index in [0.29, 0.717) is 27.0 Å². The number of nitrogens with one attached hydrogen (secondary N) is 1. The average Bonchev–Trinajstić information content (AvgIpc) is 2.42. The third kappa shape index (κ3) is 3.18. The number of carbonyl (C=O) groups is 1. The van der Waals surface area contributed by atoms with Gasteiger partial charge in [0.1, 0.15) is 5.75 Å². The SMILES string of the molecule is COc1ccc(NC(=O)c2cccc(Cl)c2Cl)cc1Cl. The van der Waals surface area contributed by atoms with Gasteiger partial charge in [-0.15, -0.1) is 0 Å². The van der Waals surface area contributed by atoms with Gasteiger partial charge < -0.3 is 10.1 Å². The van der Waals surface area contributed by atoms with Crippen LogP contribution in [0.4, 0.5) is 5.69 Å². The molecule has 0 aliphatic carbocycles. The Labute approximate surface area is 131 Å². The fraction of sp³-hybridized carbons (Fsp3) is 0.0714. The third-order valence-electron chi connectivity index (χ3n) is 2.61. The molecule has 1 N–H and O–H groups in total. The summed E-state index contributed by atoms with van der Waals surface area (Å²) in [7, 11) is 1.52. The third-order valence-corrected chi connectivity index (χ3v) is 3.72. The van der Waals surface area contributed by atoms with Crippen LogP contribution in [-0.4, -0.2) is 13.0 Å². The Kier molecular flexibility index (Phi) is 4.76. The van der Waals surface area contributed by atoms with E-state index in [4.69, 9.17) is 39.5 Å². The lowest BCUT2D eigenvalue weighted by Gasteiger charge is -2.09. The lowest BCUT2D eigenvalue weighted by molar-refractivity contribution is 0.102. The summed E-state index contributed by atoms with van der Waals surface area (Å²) in [6.07, 6.45) is 0. The molecule has 0 aromatic heterocycles. The van der Waals surface area contributed by atoms with Crippen molar-refractivity contribution in [3.05, 3.63) is 57.0 Å². The molecule has 0 saturated carbocycles. The van der Waals surface area contributed by atoms with Gasteiger partial charge in [0, 0.05) is 5.69 Å². The van der Waals surface area contributed by atoms with E-state index in [2.05, 4.69) is 5.32 Å². The van der Waals surface area contributed by atoms with E-state index >= 15 is 0 Å². The summed E-state index contributed by atoms with van der Waals surface area (Å²) in [5, 5.41) is 3.64. The predicted molar refractivity (Wildman–Crippen MR) is 82.4 cm³/mol. The van der Waals surface area contributed by atoms with E-state index in [9.17, 15) is 4.79 Å². The Bertz CT molecular complexity index is 659. The van der Waals surface area contributed by atoms with Gasteiger partial charge in [0.2, 0.25) is 0 Å². The molecule has 1 amide bonds. The van der Waals surface area contributed by atoms with Crippen LogP contribution in [0.2, 0.25) is 15.1 Å². The highest BCUT2D eigenvalue weighted by atomic mass is 35.5. The highest BCUT2D eigenvalue weighted by Crippen LogP contribution is 2.29. The first-order valence-corrected chi connectivity index (χ1v) is 6.75. The summed E-state index contributed by atoms with van der Waals surface area (Å²) in [5.41, 5.74) is 0.836. The summed E-state index contributed by atoms with van der Waals surface area (Å²) in [4.78, 5) is 12.1. The van der Waals surface area contributed by atoms with Gasteiger partial charge in [0.05, 0.1) is 27.7 Å². The number of anilines is 1. The molecule has 0 unspecified atom stereocenters. The van der Waals surface area contributed by atoms with Gasteiger partial charge in [0.15, 0.2) is 0 Å². The second kappa shape index (κ2) is 6.35. The van der Waals surface area contributed by atoms with Crippen LogP contribution in [0.5, 0.6) is 5.75 Å². The molecule has 2 rings (SSSR count). The number of halogens is 3. The first-order chi connectivity index (χ1) is 9.52. The predicted octanol–water partition coefficient (Wildman–Crippen LogP) is 4.91. The number of methoxy groups -OCH3 is 1. The van der Waals surface area contributed by atoms with Crippen LogP contribution in [0.1, 0.15) is 10.4 Å². The molecule has 0 radical (unpaired) electrons. The van der Waals surface area contributed by atoms with Crippen molar-refractivity contribution >= 4 is 46.4 Å². The minimum Gasteiger partial charge on any atom is -0.495 e. The van der Waals surface area contributed by atoms with E-state index in [-0.39, 0.29) is 10.9 Å². The summed E-state index contributed by atoms with van der Waals surface area (Å²) < 4.78 is 5.04. The summed E-state index contributed by atoms with van der Waals surface area (Å²) >= 11 is 17.9. The standard InChI is InChI=1S/C14H10Cl3NO2/c1-20-12-6-5-8(7-11(12)16)18-14(19)9-3-2-4-10(15)13(9)17/h2-7H,1H3,(H,18,19). The number of amides is 1. The molecule has 0 spiro atoms. The van der Waals surface area contributed by atoms with E-state index in [1.54, 1.807) is 36.4 Å². The molecule has 0 aliphatic heterocycles. The van der Waals surface area contributed by atoms with Crippen molar-refractivity contribution in [2.45, 2.75) is 0 Å². The Balaban J connectivity index is 2.24. The van der Waals surface area contributed by atoms with Crippen molar-refractivity contribution in [1.29, 1.82) is 0 Å². The molecule has 2 aromatic rings. The smallest absolute Gasteiger partial charge is 0.257 e. The van der Waals surface area contributed by atoms with Crippen LogP contribution >= 0.6 is 34.8 Å². The van der Waals surface area contributed by atoms with Crippen LogP contribution in [0.25, 0.3) is 0 Å². The molecule has 3 nitrogen and oxygen atoms in total. The maximum absolute atomic E-state index is 12.1. The molecule has 2 aromatic carbocycles. The molecule has 0 aliphatic rings. The number of ether oxygens (including phenoxy) is 1. The van der Waals surface area contributed by atoms with Crippen LogP contribution in [0.15, 0.2) is 36.4 Å². The molecule has 0 fully saturated rings. The highest BCUT2D eigenvalue weighted by Gasteiger charge is 2.13. The zero-order valence-corrected chi connectivity index (χ0v) is 12.7. The van der Waals surface area contributed by atoms with Crippen molar-refractivity contribution in [1.82, 2.24) is 0 Å². The Morgan fingerprint density at radius 3 is 2.50 bits per heavy atom. The highest BCUT2D eigenvalue weighted by molar-refractivity contribution is 6.44. The molecule has 0 bridgehead atoms. The Hall–Kier alpha value is -1.42. The van der Waals surface area contributed by atoms with Gasteiger partial charge in [-0.3, -0.25) is 4.79 Å². The normalized spacial score (nSPS) is 10.2. The number of carbonyl (C=O) groups excluding carboxylic acids is 1. The zero-order chi connectivity index (χ0) is 14.7. The largest absolute Gasteiger partial charge is 0.495 e. The first-order valence-electron chi connectivity index (χ1n) is 5.62. The van der Waals surface area contributed by atoms with Crippen molar-refractivity contribution < 1.29 is 9.53 Å². The van der Waals surface area contributed by atoms with Crippen molar-refractivity contribution in [2.75, 3.05) is 12.4 Å². The molecule has 0 heterocycles. The Morgan fingerprint density at radius 1 is 1.10 bits per heavy atom. The van der Waals surface area contributed by atoms with E-state index in [1.807, 2.05) is 0 Å². The minimum atomic E-state index is -0.362. The van der Waals surface area contributed by atoms with Crippen molar-refractivity contribution in [3.8, 4) is 5.75 Å². The van der Waals surface area contributed by atoms with E-state index in [0.717, 1.165) is 0 Å². The van der Waals surface area contributed by atoms with Crippen LogP contribution in [0, 0.1) is 0 Å². The van der Waals surface area contributed by atoms with E-state index < -0.39 is 0 Å². The second-order valence-electron chi connectivity index (χ2n) is 3.90. The monoisotopic (exact) mass is 329 g/mol. The van der Waals surface area contributed by atoms with Crippen LogP contribution in [0.3, 0.4) is 0 Å². The summed E-state index contributed by atoms with van der Waals surface area (Å²) in [5.74, 6) is 0.171. The minimum absolute atomic E-state index is 0.214. The lowest BCUT2D eigenvalue weighted by atomic mass is 10.2. The lowest BCUT2D eigenvalue weighted by Crippen LogP contribution is -2.12. The first kappa shape index (κ1) is 15.0. The van der Waals surface area contributed by atoms with E-state index in [1.165, 1.54) is 7.11 Å². The number of hydrogen-bond acceptors (Lipinski definition) is 2. The van der Waals surface area contributed by atoms with Crippen molar-refractivity contribution in [2.24, 2.45) is 0 Å². The molecule has 104 valence electrons. The summed E-state index contributed by atoms with van der Waals surface area (Å²) in [6.45, 7) is 0. The maximum Gasteiger partial charge on any atom is 0.257 e. The zero-order valence-electron chi connectivity index (χ0n) is 10.4. The topological polar surface area (TPSA) is 38.3 Å². The number of benzene rings is 2. The van der Waals surface area contributed by atoms with Gasteiger partial charge >= 0.3 is 0 Å².